The zero-order valence-corrected chi connectivity index (χ0v) is 13.7. The van der Waals surface area contributed by atoms with E-state index < -0.39 is 11.6 Å². The normalized spacial score (nSPS) is 11.5. The highest BCUT2D eigenvalue weighted by atomic mass is 19.1. The number of nitrogens with zero attached hydrogens (tertiary/aromatic N) is 3. The minimum Gasteiger partial charge on any atom is -0.346 e. The first kappa shape index (κ1) is 15.4. The van der Waals surface area contributed by atoms with Crippen LogP contribution in [0.2, 0.25) is 0 Å². The highest BCUT2D eigenvalue weighted by molar-refractivity contribution is 5.90. The summed E-state index contributed by atoms with van der Waals surface area (Å²) in [6.07, 6.45) is 4.83. The van der Waals surface area contributed by atoms with Crippen LogP contribution in [0.1, 0.15) is 0 Å². The molecule has 0 aliphatic heterocycles. The molecule has 132 valence electrons. The van der Waals surface area contributed by atoms with E-state index in [4.69, 9.17) is 0 Å². The van der Waals surface area contributed by atoms with Crippen molar-refractivity contribution in [2.75, 3.05) is 0 Å². The summed E-state index contributed by atoms with van der Waals surface area (Å²) in [5, 5.41) is 0.695. The average Bonchev–Trinajstić information content (AvgIpc) is 3.24. The molecule has 2 N–H and O–H groups in total. The van der Waals surface area contributed by atoms with Gasteiger partial charge in [0, 0.05) is 29.4 Å². The Morgan fingerprint density at radius 3 is 2.81 bits per heavy atom. The van der Waals surface area contributed by atoms with Gasteiger partial charge in [0.05, 0.1) is 28.6 Å². The molecule has 1 aromatic carbocycles. The van der Waals surface area contributed by atoms with Gasteiger partial charge in [0.1, 0.15) is 17.3 Å². The Hall–Kier alpha value is -3.81. The number of aromatic amines is 2. The van der Waals surface area contributed by atoms with Crippen molar-refractivity contribution in [3.8, 4) is 16.9 Å². The van der Waals surface area contributed by atoms with E-state index in [2.05, 4.69) is 19.9 Å². The number of nitrogens with one attached hydrogen (secondary N) is 2. The third-order valence-electron chi connectivity index (χ3n) is 4.44. The van der Waals surface area contributed by atoms with E-state index in [1.165, 1.54) is 16.7 Å². The molecule has 0 atom stereocenters. The second-order valence-electron chi connectivity index (χ2n) is 6.05. The van der Waals surface area contributed by atoms with E-state index >= 15 is 0 Å². The molecule has 0 amide bonds. The number of rotatable bonds is 2. The number of hydrogen-bond donors (Lipinski definition) is 2. The summed E-state index contributed by atoms with van der Waals surface area (Å²) in [5.74, 6) is -1.40. The quantitative estimate of drug-likeness (QED) is 0.504. The van der Waals surface area contributed by atoms with Crippen LogP contribution < -0.4 is 5.69 Å². The van der Waals surface area contributed by atoms with Crippen LogP contribution in [0, 0.1) is 11.6 Å². The van der Waals surface area contributed by atoms with Gasteiger partial charge < -0.3 is 9.97 Å². The summed E-state index contributed by atoms with van der Waals surface area (Å²) >= 11 is 0. The van der Waals surface area contributed by atoms with Crippen LogP contribution in [-0.4, -0.2) is 24.5 Å². The zero-order valence-electron chi connectivity index (χ0n) is 13.7. The molecule has 0 saturated carbocycles. The summed E-state index contributed by atoms with van der Waals surface area (Å²) < 4.78 is 29.1. The SMILES string of the molecule is O=c1[nH]c2cnccc2n1-c1cc(-c2ccc(F)cc2F)nc2[nH]ccc12. The first-order valence-electron chi connectivity index (χ1n) is 8.10. The molecule has 6 nitrogen and oxygen atoms in total. The fraction of sp³-hybridized carbons (Fsp3) is 0. The van der Waals surface area contributed by atoms with E-state index in [9.17, 15) is 13.6 Å². The molecule has 0 aliphatic rings. The predicted molar refractivity (Wildman–Crippen MR) is 96.7 cm³/mol. The van der Waals surface area contributed by atoms with Crippen molar-refractivity contribution < 1.29 is 8.78 Å². The molecule has 0 radical (unpaired) electrons. The lowest BCUT2D eigenvalue weighted by Crippen LogP contribution is -2.15. The third kappa shape index (κ3) is 2.34. The van der Waals surface area contributed by atoms with Crippen molar-refractivity contribution in [2.24, 2.45) is 0 Å². The van der Waals surface area contributed by atoms with Crippen LogP contribution in [-0.2, 0) is 0 Å². The molecule has 0 fully saturated rings. The van der Waals surface area contributed by atoms with Crippen molar-refractivity contribution in [3.05, 3.63) is 77.1 Å². The summed E-state index contributed by atoms with van der Waals surface area (Å²) in [6.45, 7) is 0. The van der Waals surface area contributed by atoms with Crippen molar-refractivity contribution in [3.63, 3.8) is 0 Å². The van der Waals surface area contributed by atoms with Crippen LogP contribution >= 0.6 is 0 Å². The summed E-state index contributed by atoms with van der Waals surface area (Å²) in [7, 11) is 0. The number of fused-ring (bicyclic) bond motifs is 2. The lowest BCUT2D eigenvalue weighted by Gasteiger charge is -2.09. The number of halogens is 2. The highest BCUT2D eigenvalue weighted by Crippen LogP contribution is 2.29. The van der Waals surface area contributed by atoms with E-state index in [-0.39, 0.29) is 16.9 Å². The van der Waals surface area contributed by atoms with Gasteiger partial charge in [0.2, 0.25) is 0 Å². The van der Waals surface area contributed by atoms with Gasteiger partial charge in [0.15, 0.2) is 0 Å². The molecule has 4 heterocycles. The topological polar surface area (TPSA) is 79.4 Å². The Bertz CT molecular complexity index is 1380. The molecule has 0 aliphatic carbocycles. The molecule has 0 spiro atoms. The van der Waals surface area contributed by atoms with Crippen LogP contribution in [0.4, 0.5) is 8.78 Å². The Balaban J connectivity index is 1.86. The van der Waals surface area contributed by atoms with E-state index in [1.54, 1.807) is 36.8 Å². The van der Waals surface area contributed by atoms with E-state index in [1.807, 2.05) is 0 Å². The number of H-pyrrole nitrogens is 2. The lowest BCUT2D eigenvalue weighted by molar-refractivity contribution is 0.585. The predicted octanol–water partition coefficient (Wildman–Crippen LogP) is 3.54. The molecule has 0 unspecified atom stereocenters. The number of imidazole rings is 1. The maximum atomic E-state index is 14.3. The van der Waals surface area contributed by atoms with Crippen molar-refractivity contribution in [1.82, 2.24) is 24.5 Å². The van der Waals surface area contributed by atoms with Gasteiger partial charge in [-0.05, 0) is 30.3 Å². The lowest BCUT2D eigenvalue weighted by atomic mass is 10.1. The van der Waals surface area contributed by atoms with Gasteiger partial charge in [-0.25, -0.2) is 18.6 Å². The smallest absolute Gasteiger partial charge is 0.331 e. The third-order valence-corrected chi connectivity index (χ3v) is 4.44. The fourth-order valence-corrected chi connectivity index (χ4v) is 3.24. The maximum Gasteiger partial charge on any atom is 0.331 e. The van der Waals surface area contributed by atoms with Crippen molar-refractivity contribution in [2.45, 2.75) is 0 Å². The van der Waals surface area contributed by atoms with E-state index in [0.29, 0.717) is 27.8 Å². The van der Waals surface area contributed by atoms with Gasteiger partial charge in [0.25, 0.3) is 0 Å². The molecule has 5 rings (SSSR count). The number of pyridine rings is 2. The summed E-state index contributed by atoms with van der Waals surface area (Å²) in [5.41, 5.74) is 2.31. The van der Waals surface area contributed by atoms with Crippen molar-refractivity contribution in [1.29, 1.82) is 0 Å². The second-order valence-corrected chi connectivity index (χ2v) is 6.05. The van der Waals surface area contributed by atoms with E-state index in [0.717, 1.165) is 6.07 Å². The first-order valence-corrected chi connectivity index (χ1v) is 8.10. The zero-order chi connectivity index (χ0) is 18.5. The van der Waals surface area contributed by atoms with Crippen molar-refractivity contribution >= 4 is 22.1 Å². The molecular formula is C19H11F2N5O. The van der Waals surface area contributed by atoms with Crippen LogP contribution in [0.3, 0.4) is 0 Å². The number of benzene rings is 1. The second kappa shape index (κ2) is 5.60. The molecule has 0 saturated heterocycles. The Morgan fingerprint density at radius 1 is 1.07 bits per heavy atom. The monoisotopic (exact) mass is 363 g/mol. The molecular weight excluding hydrogens is 352 g/mol. The van der Waals surface area contributed by atoms with Gasteiger partial charge in [-0.2, -0.15) is 0 Å². The Labute approximate surface area is 150 Å². The standard InChI is InChI=1S/C19H11F2N5O/c20-10-1-2-11(13(21)7-10)14-8-17(12-3-6-23-18(12)24-14)26-16-4-5-22-9-15(16)25-19(26)27/h1-9H,(H,23,24)(H,25,27). The summed E-state index contributed by atoms with van der Waals surface area (Å²) in [6, 6.07) is 8.41. The minimum absolute atomic E-state index is 0.142. The average molecular weight is 363 g/mol. The Kier molecular flexibility index (Phi) is 3.20. The Morgan fingerprint density at radius 2 is 1.96 bits per heavy atom. The minimum atomic E-state index is -0.727. The molecule has 5 aromatic rings. The summed E-state index contributed by atoms with van der Waals surface area (Å²) in [4.78, 5) is 26.8. The highest BCUT2D eigenvalue weighted by Gasteiger charge is 2.17. The molecule has 27 heavy (non-hydrogen) atoms. The van der Waals surface area contributed by atoms with Crippen LogP contribution in [0.25, 0.3) is 39.0 Å². The van der Waals surface area contributed by atoms with Crippen LogP contribution in [0.5, 0.6) is 0 Å². The van der Waals surface area contributed by atoms with Gasteiger partial charge in [-0.1, -0.05) is 0 Å². The molecule has 8 heteroatoms. The number of aromatic nitrogens is 5. The fourth-order valence-electron chi connectivity index (χ4n) is 3.24. The largest absolute Gasteiger partial charge is 0.346 e. The number of hydrogen-bond acceptors (Lipinski definition) is 3. The van der Waals surface area contributed by atoms with Crippen LogP contribution in [0.15, 0.2) is 59.8 Å². The first-order chi connectivity index (χ1) is 13.1. The molecule has 0 bridgehead atoms. The van der Waals surface area contributed by atoms with Gasteiger partial charge >= 0.3 is 5.69 Å². The van der Waals surface area contributed by atoms with Gasteiger partial charge in [-0.15, -0.1) is 0 Å². The maximum absolute atomic E-state index is 14.3. The van der Waals surface area contributed by atoms with Gasteiger partial charge in [-0.3, -0.25) is 9.55 Å². The molecule has 4 aromatic heterocycles.